The van der Waals surface area contributed by atoms with E-state index < -0.39 is 5.54 Å². The molecule has 0 bridgehead atoms. The van der Waals surface area contributed by atoms with Gasteiger partial charge in [-0.15, -0.1) is 0 Å². The normalized spacial score (nSPS) is 14.3. The van der Waals surface area contributed by atoms with Crippen LogP contribution in [0.15, 0.2) is 30.3 Å². The summed E-state index contributed by atoms with van der Waals surface area (Å²) in [6, 6.07) is 9.48. The minimum Gasteiger partial charge on any atom is -0.354 e. The van der Waals surface area contributed by atoms with E-state index in [-0.39, 0.29) is 5.91 Å². The molecule has 18 heavy (non-hydrogen) atoms. The molecule has 1 aromatic carbocycles. The van der Waals surface area contributed by atoms with Crippen LogP contribution < -0.4 is 11.1 Å². The first-order valence-corrected chi connectivity index (χ1v) is 6.65. The van der Waals surface area contributed by atoms with Crippen LogP contribution in [0.1, 0.15) is 39.2 Å². The number of carbonyl (C=O) groups is 1. The molecule has 0 saturated carbocycles. The Morgan fingerprint density at radius 2 is 1.83 bits per heavy atom. The minimum absolute atomic E-state index is 0.111. The Hall–Kier alpha value is -1.35. The van der Waals surface area contributed by atoms with Gasteiger partial charge >= 0.3 is 0 Å². The lowest BCUT2D eigenvalue weighted by molar-refractivity contribution is -0.126. The fourth-order valence-corrected chi connectivity index (χ4v) is 1.91. The molecule has 0 aliphatic carbocycles. The average molecular weight is 248 g/mol. The number of amides is 1. The van der Waals surface area contributed by atoms with Gasteiger partial charge in [0.15, 0.2) is 0 Å². The Kier molecular flexibility index (Phi) is 5.35. The predicted octanol–water partition coefficient (Wildman–Crippen LogP) is 2.41. The van der Waals surface area contributed by atoms with Gasteiger partial charge in [0.05, 0.1) is 0 Å². The van der Waals surface area contributed by atoms with Gasteiger partial charge in [-0.3, -0.25) is 4.79 Å². The van der Waals surface area contributed by atoms with Crippen molar-refractivity contribution in [3.8, 4) is 0 Å². The molecule has 0 aromatic heterocycles. The van der Waals surface area contributed by atoms with Crippen molar-refractivity contribution in [3.05, 3.63) is 35.9 Å². The van der Waals surface area contributed by atoms with E-state index in [2.05, 4.69) is 19.2 Å². The molecule has 1 aromatic rings. The summed E-state index contributed by atoms with van der Waals surface area (Å²) in [6.45, 7) is 6.73. The molecule has 0 spiro atoms. The highest BCUT2D eigenvalue weighted by molar-refractivity contribution is 5.86. The highest BCUT2D eigenvalue weighted by atomic mass is 16.2. The first-order valence-electron chi connectivity index (χ1n) is 6.65. The van der Waals surface area contributed by atoms with Crippen molar-refractivity contribution >= 4 is 5.91 Å². The summed E-state index contributed by atoms with van der Waals surface area (Å²) in [5, 5.41) is 2.96. The highest BCUT2D eigenvalue weighted by Gasteiger charge is 2.30. The lowest BCUT2D eigenvalue weighted by Crippen LogP contribution is -2.50. The van der Waals surface area contributed by atoms with Crippen LogP contribution in [0.25, 0.3) is 0 Å². The molecule has 0 fully saturated rings. The summed E-state index contributed by atoms with van der Waals surface area (Å²) in [4.78, 5) is 12.2. The molecule has 1 unspecified atom stereocenters. The smallest absolute Gasteiger partial charge is 0.244 e. The van der Waals surface area contributed by atoms with Crippen molar-refractivity contribution in [1.82, 2.24) is 5.32 Å². The number of hydrogen-bond acceptors (Lipinski definition) is 2. The molecule has 3 N–H and O–H groups in total. The number of rotatable bonds is 6. The summed E-state index contributed by atoms with van der Waals surface area (Å²) in [5.74, 6) is 0.418. The van der Waals surface area contributed by atoms with Gasteiger partial charge in [0.25, 0.3) is 0 Å². The molecule has 0 aliphatic rings. The van der Waals surface area contributed by atoms with Crippen LogP contribution >= 0.6 is 0 Å². The molecule has 100 valence electrons. The molecule has 3 heteroatoms. The van der Waals surface area contributed by atoms with E-state index in [1.807, 2.05) is 30.3 Å². The molecule has 0 saturated heterocycles. The van der Waals surface area contributed by atoms with Crippen molar-refractivity contribution in [2.24, 2.45) is 11.7 Å². The van der Waals surface area contributed by atoms with Gasteiger partial charge in [-0.25, -0.2) is 0 Å². The van der Waals surface area contributed by atoms with Crippen LogP contribution in [0.3, 0.4) is 0 Å². The third-order valence-corrected chi connectivity index (χ3v) is 3.55. The first kappa shape index (κ1) is 14.7. The highest BCUT2D eigenvalue weighted by Crippen LogP contribution is 2.17. The van der Waals surface area contributed by atoms with Gasteiger partial charge in [-0.1, -0.05) is 57.0 Å². The Labute approximate surface area is 110 Å². The summed E-state index contributed by atoms with van der Waals surface area (Å²) in [6.07, 6.45) is 2.15. The monoisotopic (exact) mass is 248 g/mol. The van der Waals surface area contributed by atoms with Crippen LogP contribution in [-0.2, 0) is 10.3 Å². The predicted molar refractivity (Wildman–Crippen MR) is 75.1 cm³/mol. The quantitative estimate of drug-likeness (QED) is 0.812. The van der Waals surface area contributed by atoms with Gasteiger partial charge in [0, 0.05) is 6.54 Å². The molecular weight excluding hydrogens is 224 g/mol. The number of hydrogen-bond donors (Lipinski definition) is 2. The summed E-state index contributed by atoms with van der Waals surface area (Å²) >= 11 is 0. The molecule has 0 aliphatic heterocycles. The van der Waals surface area contributed by atoms with Gasteiger partial charge in [0.1, 0.15) is 5.54 Å². The van der Waals surface area contributed by atoms with E-state index >= 15 is 0 Å². The van der Waals surface area contributed by atoms with Crippen LogP contribution in [-0.4, -0.2) is 12.5 Å². The molecule has 0 heterocycles. The zero-order chi connectivity index (χ0) is 13.6. The number of carbonyl (C=O) groups excluding carboxylic acids is 1. The minimum atomic E-state index is -0.965. The van der Waals surface area contributed by atoms with E-state index in [0.717, 1.165) is 18.4 Å². The maximum atomic E-state index is 12.2. The largest absolute Gasteiger partial charge is 0.354 e. The lowest BCUT2D eigenvalue weighted by Gasteiger charge is -2.25. The third-order valence-electron chi connectivity index (χ3n) is 3.55. The van der Waals surface area contributed by atoms with Crippen molar-refractivity contribution < 1.29 is 4.79 Å². The maximum absolute atomic E-state index is 12.2. The number of nitrogens with one attached hydrogen (secondary N) is 1. The summed E-state index contributed by atoms with van der Waals surface area (Å²) < 4.78 is 0. The maximum Gasteiger partial charge on any atom is 0.244 e. The SMILES string of the molecule is CCC(CC)CNC(=O)C(C)(N)c1ccccc1. The Morgan fingerprint density at radius 1 is 1.28 bits per heavy atom. The molecular formula is C15H24N2O. The summed E-state index contributed by atoms with van der Waals surface area (Å²) in [7, 11) is 0. The van der Waals surface area contributed by atoms with Crippen molar-refractivity contribution in [2.45, 2.75) is 39.2 Å². The zero-order valence-electron chi connectivity index (χ0n) is 11.6. The Balaban J connectivity index is 2.66. The van der Waals surface area contributed by atoms with Crippen LogP contribution in [0.4, 0.5) is 0 Å². The molecule has 1 amide bonds. The second-order valence-electron chi connectivity index (χ2n) is 4.96. The van der Waals surface area contributed by atoms with E-state index in [1.54, 1.807) is 6.92 Å². The van der Waals surface area contributed by atoms with Crippen LogP contribution in [0.2, 0.25) is 0 Å². The van der Waals surface area contributed by atoms with E-state index in [9.17, 15) is 4.79 Å². The number of benzene rings is 1. The fraction of sp³-hybridized carbons (Fsp3) is 0.533. The molecule has 1 atom stereocenters. The van der Waals surface area contributed by atoms with Crippen molar-refractivity contribution in [3.63, 3.8) is 0 Å². The van der Waals surface area contributed by atoms with Gasteiger partial charge in [-0.05, 0) is 18.4 Å². The summed E-state index contributed by atoms with van der Waals surface area (Å²) in [5.41, 5.74) is 6.01. The first-order chi connectivity index (χ1) is 8.52. The molecule has 3 nitrogen and oxygen atoms in total. The van der Waals surface area contributed by atoms with Gasteiger partial charge < -0.3 is 11.1 Å². The van der Waals surface area contributed by atoms with E-state index in [0.29, 0.717) is 12.5 Å². The van der Waals surface area contributed by atoms with Gasteiger partial charge in [-0.2, -0.15) is 0 Å². The van der Waals surface area contributed by atoms with Gasteiger partial charge in [0.2, 0.25) is 5.91 Å². The number of nitrogens with two attached hydrogens (primary N) is 1. The second kappa shape index (κ2) is 6.55. The Bertz CT molecular complexity index is 369. The van der Waals surface area contributed by atoms with Crippen LogP contribution in [0.5, 0.6) is 0 Å². The third kappa shape index (κ3) is 3.57. The van der Waals surface area contributed by atoms with E-state index in [1.165, 1.54) is 0 Å². The lowest BCUT2D eigenvalue weighted by atomic mass is 9.92. The zero-order valence-corrected chi connectivity index (χ0v) is 11.6. The Morgan fingerprint density at radius 3 is 2.33 bits per heavy atom. The fourth-order valence-electron chi connectivity index (χ4n) is 1.91. The molecule has 1 rings (SSSR count). The van der Waals surface area contributed by atoms with E-state index in [4.69, 9.17) is 5.73 Å². The van der Waals surface area contributed by atoms with Crippen molar-refractivity contribution in [2.75, 3.05) is 6.54 Å². The molecule has 0 radical (unpaired) electrons. The topological polar surface area (TPSA) is 55.1 Å². The van der Waals surface area contributed by atoms with Crippen LogP contribution in [0, 0.1) is 5.92 Å². The second-order valence-corrected chi connectivity index (χ2v) is 4.96. The average Bonchev–Trinajstić information content (AvgIpc) is 2.40. The van der Waals surface area contributed by atoms with Crippen molar-refractivity contribution in [1.29, 1.82) is 0 Å². The standard InChI is InChI=1S/C15H24N2O/c1-4-12(5-2)11-17-14(18)15(3,16)13-9-7-6-8-10-13/h6-10,12H,4-5,11,16H2,1-3H3,(H,17,18).